The minimum atomic E-state index is 0.146. The number of aromatic hydroxyl groups is 2. The van der Waals surface area contributed by atoms with Gasteiger partial charge in [-0.3, -0.25) is 4.79 Å². The van der Waals surface area contributed by atoms with Crippen molar-refractivity contribution in [3.63, 3.8) is 0 Å². The highest BCUT2D eigenvalue weighted by Crippen LogP contribution is 2.39. The number of phenols is 2. The topological polar surface area (TPSA) is 60.8 Å². The van der Waals surface area contributed by atoms with Crippen molar-refractivity contribution in [3.8, 4) is 22.6 Å². The van der Waals surface area contributed by atoms with E-state index in [2.05, 4.69) is 32.9 Å². The van der Waals surface area contributed by atoms with Gasteiger partial charge < -0.3 is 15.1 Å². The van der Waals surface area contributed by atoms with E-state index < -0.39 is 0 Å². The van der Waals surface area contributed by atoms with Gasteiger partial charge in [-0.25, -0.2) is 0 Å². The molecule has 2 aromatic rings. The molecular weight excluding hydrogens is 362 g/mol. The number of amides is 1. The van der Waals surface area contributed by atoms with Crippen LogP contribution in [0.15, 0.2) is 24.3 Å². The lowest BCUT2D eigenvalue weighted by atomic mass is 9.92. The summed E-state index contributed by atoms with van der Waals surface area (Å²) in [6.45, 7) is 7.48. The molecule has 2 aromatic carbocycles. The maximum Gasteiger partial charge on any atom is 0.222 e. The van der Waals surface area contributed by atoms with E-state index in [0.29, 0.717) is 18.7 Å². The number of benzene rings is 2. The smallest absolute Gasteiger partial charge is 0.222 e. The molecule has 1 aliphatic rings. The van der Waals surface area contributed by atoms with E-state index in [-0.39, 0.29) is 11.7 Å². The Labute approximate surface area is 174 Å². The molecule has 0 atom stereocenters. The largest absolute Gasteiger partial charge is 0.507 e. The third-order valence-electron chi connectivity index (χ3n) is 5.81. The van der Waals surface area contributed by atoms with Gasteiger partial charge in [0.1, 0.15) is 11.5 Å². The third kappa shape index (κ3) is 4.58. The van der Waals surface area contributed by atoms with Gasteiger partial charge in [-0.1, -0.05) is 39.7 Å². The Balaban J connectivity index is 2.11. The highest BCUT2D eigenvalue weighted by atomic mass is 16.3. The van der Waals surface area contributed by atoms with Gasteiger partial charge in [0, 0.05) is 30.6 Å². The van der Waals surface area contributed by atoms with Gasteiger partial charge in [0.05, 0.1) is 0 Å². The fraction of sp³-hybridized carbons (Fsp3) is 0.480. The number of hydrogen-bond donors (Lipinski definition) is 2. The average Bonchev–Trinajstić information content (AvgIpc) is 3.11. The first-order valence-electron chi connectivity index (χ1n) is 11.0. The van der Waals surface area contributed by atoms with Gasteiger partial charge in [-0.05, 0) is 66.1 Å². The number of phenolic OH excluding ortho intramolecular Hbond substituents is 2. The second-order valence-electron chi connectivity index (χ2n) is 8.07. The van der Waals surface area contributed by atoms with Crippen LogP contribution >= 0.6 is 0 Å². The zero-order valence-corrected chi connectivity index (χ0v) is 17.9. The zero-order chi connectivity index (χ0) is 21.0. The molecule has 3 rings (SSSR count). The molecule has 1 amide bonds. The molecular formula is C25H33NO3. The summed E-state index contributed by atoms with van der Waals surface area (Å²) in [7, 11) is 0. The van der Waals surface area contributed by atoms with Crippen molar-refractivity contribution < 1.29 is 15.0 Å². The molecule has 156 valence electrons. The van der Waals surface area contributed by atoms with Crippen molar-refractivity contribution in [1.82, 2.24) is 4.90 Å². The highest BCUT2D eigenvalue weighted by Gasteiger charge is 2.23. The molecule has 1 fully saturated rings. The van der Waals surface area contributed by atoms with Crippen LogP contribution in [0.1, 0.15) is 68.7 Å². The first-order chi connectivity index (χ1) is 14.0. The number of rotatable bonds is 8. The summed E-state index contributed by atoms with van der Waals surface area (Å²) < 4.78 is 0. The molecule has 0 bridgehead atoms. The van der Waals surface area contributed by atoms with Crippen LogP contribution < -0.4 is 0 Å². The van der Waals surface area contributed by atoms with Crippen LogP contribution in [-0.4, -0.2) is 27.6 Å². The molecule has 0 aliphatic carbocycles. The van der Waals surface area contributed by atoms with Gasteiger partial charge in [-0.15, -0.1) is 0 Å². The van der Waals surface area contributed by atoms with Crippen LogP contribution in [-0.2, 0) is 30.6 Å². The molecule has 0 spiro atoms. The summed E-state index contributed by atoms with van der Waals surface area (Å²) in [6, 6.07) is 8.10. The summed E-state index contributed by atoms with van der Waals surface area (Å²) in [5.74, 6) is 0.767. The van der Waals surface area contributed by atoms with Crippen molar-refractivity contribution >= 4 is 5.91 Å². The molecule has 1 heterocycles. The summed E-state index contributed by atoms with van der Waals surface area (Å²) in [5.41, 5.74) is 5.55. The minimum Gasteiger partial charge on any atom is -0.507 e. The van der Waals surface area contributed by atoms with E-state index in [1.807, 2.05) is 17.0 Å². The van der Waals surface area contributed by atoms with Crippen LogP contribution in [0.3, 0.4) is 0 Å². The molecule has 1 saturated heterocycles. The van der Waals surface area contributed by atoms with Gasteiger partial charge >= 0.3 is 0 Å². The Morgan fingerprint density at radius 3 is 2.14 bits per heavy atom. The van der Waals surface area contributed by atoms with E-state index in [1.54, 1.807) is 0 Å². The van der Waals surface area contributed by atoms with Crippen LogP contribution in [0.4, 0.5) is 0 Å². The number of aryl methyl sites for hydroxylation is 3. The zero-order valence-electron chi connectivity index (χ0n) is 17.9. The van der Waals surface area contributed by atoms with Crippen molar-refractivity contribution in [3.05, 3.63) is 46.5 Å². The molecule has 0 aromatic heterocycles. The normalized spacial score (nSPS) is 14.0. The fourth-order valence-electron chi connectivity index (χ4n) is 4.22. The van der Waals surface area contributed by atoms with Crippen molar-refractivity contribution in [2.75, 3.05) is 6.54 Å². The van der Waals surface area contributed by atoms with Crippen molar-refractivity contribution in [1.29, 1.82) is 0 Å². The Bertz CT molecular complexity index is 888. The fourth-order valence-corrected chi connectivity index (χ4v) is 4.22. The minimum absolute atomic E-state index is 0.146. The number of carbonyl (C=O) groups is 1. The van der Waals surface area contributed by atoms with Crippen LogP contribution in [0.2, 0.25) is 0 Å². The van der Waals surface area contributed by atoms with Crippen LogP contribution in [0.5, 0.6) is 11.5 Å². The Morgan fingerprint density at radius 1 is 0.897 bits per heavy atom. The quantitative estimate of drug-likeness (QED) is 0.633. The monoisotopic (exact) mass is 395 g/mol. The van der Waals surface area contributed by atoms with Gasteiger partial charge in [0.15, 0.2) is 0 Å². The van der Waals surface area contributed by atoms with E-state index in [0.717, 1.165) is 72.9 Å². The summed E-state index contributed by atoms with van der Waals surface area (Å²) in [4.78, 5) is 13.9. The predicted molar refractivity (Wildman–Crippen MR) is 117 cm³/mol. The lowest BCUT2D eigenvalue weighted by Crippen LogP contribution is -2.24. The first-order valence-corrected chi connectivity index (χ1v) is 11.0. The van der Waals surface area contributed by atoms with E-state index >= 15 is 0 Å². The van der Waals surface area contributed by atoms with E-state index in [9.17, 15) is 15.0 Å². The highest BCUT2D eigenvalue weighted by molar-refractivity contribution is 5.79. The predicted octanol–water partition coefficient (Wildman–Crippen LogP) is 5.35. The second-order valence-corrected chi connectivity index (χ2v) is 8.07. The number of carbonyl (C=O) groups excluding carboxylic acids is 1. The first kappa shape index (κ1) is 21.2. The number of nitrogens with zero attached hydrogens (tertiary/aromatic N) is 1. The number of hydrogen-bond acceptors (Lipinski definition) is 3. The number of likely N-dealkylation sites (tertiary alicyclic amines) is 1. The Morgan fingerprint density at radius 2 is 1.55 bits per heavy atom. The molecule has 0 unspecified atom stereocenters. The summed E-state index contributed by atoms with van der Waals surface area (Å²) in [5, 5.41) is 21.8. The summed E-state index contributed by atoms with van der Waals surface area (Å²) >= 11 is 0. The molecule has 4 heteroatoms. The maximum atomic E-state index is 12.1. The van der Waals surface area contributed by atoms with Gasteiger partial charge in [-0.2, -0.15) is 0 Å². The van der Waals surface area contributed by atoms with Crippen molar-refractivity contribution in [2.24, 2.45) is 0 Å². The molecule has 2 N–H and O–H groups in total. The lowest BCUT2D eigenvalue weighted by molar-refractivity contribution is -0.128. The van der Waals surface area contributed by atoms with Gasteiger partial charge in [0.25, 0.3) is 0 Å². The molecule has 29 heavy (non-hydrogen) atoms. The molecule has 1 aliphatic heterocycles. The van der Waals surface area contributed by atoms with Gasteiger partial charge in [0.2, 0.25) is 5.91 Å². The standard InChI is InChI=1S/C25H33NO3/c1-4-8-18-12-17(6-3)13-22(25(18)29)20-14-19(9-5-2)24(28)21(15-20)16-26-11-7-10-23(26)27/h12-15,28-29H,4-11,16H2,1-3H3. The van der Waals surface area contributed by atoms with Crippen molar-refractivity contribution in [2.45, 2.75) is 72.3 Å². The van der Waals surface area contributed by atoms with E-state index in [1.165, 1.54) is 5.56 Å². The molecule has 0 saturated carbocycles. The average molecular weight is 396 g/mol. The van der Waals surface area contributed by atoms with Crippen LogP contribution in [0.25, 0.3) is 11.1 Å². The molecule has 0 radical (unpaired) electrons. The summed E-state index contributed by atoms with van der Waals surface area (Å²) in [6.07, 6.45) is 5.85. The maximum absolute atomic E-state index is 12.1. The van der Waals surface area contributed by atoms with E-state index in [4.69, 9.17) is 0 Å². The Hall–Kier alpha value is -2.49. The SMILES string of the molecule is CCCc1cc(-c2cc(CC)cc(CCC)c2O)cc(CN2CCCC2=O)c1O. The lowest BCUT2D eigenvalue weighted by Gasteiger charge is -2.20. The third-order valence-corrected chi connectivity index (χ3v) is 5.81. The molecule has 4 nitrogen and oxygen atoms in total. The Kier molecular flexibility index (Phi) is 6.83. The van der Waals surface area contributed by atoms with Crippen LogP contribution in [0, 0.1) is 0 Å². The second kappa shape index (κ2) is 9.34.